The first kappa shape index (κ1) is 13.7. The fraction of sp³-hybridized carbons (Fsp3) is 0.444. The summed E-state index contributed by atoms with van der Waals surface area (Å²) >= 11 is 0. The molecule has 1 N–H and O–H groups in total. The number of hydrogen-bond acceptors (Lipinski definition) is 4. The third-order valence-electron chi connectivity index (χ3n) is 4.82. The zero-order valence-corrected chi connectivity index (χ0v) is 12.9. The van der Waals surface area contributed by atoms with Gasteiger partial charge in [-0.3, -0.25) is 0 Å². The molecule has 4 nitrogen and oxygen atoms in total. The molecule has 4 heteroatoms. The molecule has 1 aromatic carbocycles. The molecule has 2 atom stereocenters. The highest BCUT2D eigenvalue weighted by atomic mass is 16.5. The van der Waals surface area contributed by atoms with E-state index in [0.29, 0.717) is 17.8 Å². The quantitative estimate of drug-likeness (QED) is 0.923. The summed E-state index contributed by atoms with van der Waals surface area (Å²) in [6, 6.07) is 10.8. The van der Waals surface area contributed by atoms with E-state index in [1.54, 1.807) is 0 Å². The predicted octanol–water partition coefficient (Wildman–Crippen LogP) is 3.36. The summed E-state index contributed by atoms with van der Waals surface area (Å²) in [7, 11) is 0. The predicted molar refractivity (Wildman–Crippen MR) is 85.4 cm³/mol. The summed E-state index contributed by atoms with van der Waals surface area (Å²) in [5, 5.41) is 11.9. The molecule has 0 spiro atoms. The minimum absolute atomic E-state index is 0.562. The lowest BCUT2D eigenvalue weighted by Gasteiger charge is -2.38. The second kappa shape index (κ2) is 5.69. The Hall–Kier alpha value is -1.94. The van der Waals surface area contributed by atoms with Crippen LogP contribution < -0.4 is 10.1 Å². The van der Waals surface area contributed by atoms with Crippen LogP contribution in [-0.2, 0) is 6.42 Å². The van der Waals surface area contributed by atoms with Gasteiger partial charge in [-0.05, 0) is 56.8 Å². The molecule has 2 heterocycles. The molecule has 22 heavy (non-hydrogen) atoms. The van der Waals surface area contributed by atoms with E-state index in [9.17, 15) is 0 Å². The summed E-state index contributed by atoms with van der Waals surface area (Å²) in [5.74, 6) is 2.09. The number of fused-ring (bicyclic) bond motifs is 3. The molecule has 1 aliphatic carbocycles. The Morgan fingerprint density at radius 1 is 1.14 bits per heavy atom. The van der Waals surface area contributed by atoms with Crippen LogP contribution in [0, 0.1) is 6.92 Å². The second-order valence-electron chi connectivity index (χ2n) is 6.29. The first-order chi connectivity index (χ1) is 10.8. The van der Waals surface area contributed by atoms with Crippen LogP contribution in [0.2, 0.25) is 0 Å². The van der Waals surface area contributed by atoms with Crippen LogP contribution in [0.15, 0.2) is 30.3 Å². The highest BCUT2D eigenvalue weighted by molar-refractivity contribution is 5.47. The molecule has 0 bridgehead atoms. The van der Waals surface area contributed by atoms with Crippen LogP contribution in [0.4, 0.5) is 0 Å². The number of hydrogen-bond donors (Lipinski definition) is 1. The van der Waals surface area contributed by atoms with Gasteiger partial charge in [0.25, 0.3) is 0 Å². The maximum Gasteiger partial charge on any atom is 0.238 e. The fourth-order valence-corrected chi connectivity index (χ4v) is 3.78. The van der Waals surface area contributed by atoms with Crippen LogP contribution in [0.5, 0.6) is 11.6 Å². The van der Waals surface area contributed by atoms with Crippen LogP contribution in [0.1, 0.15) is 42.0 Å². The number of aryl methyl sites for hydroxylation is 2. The lowest BCUT2D eigenvalue weighted by atomic mass is 9.75. The van der Waals surface area contributed by atoms with Gasteiger partial charge in [0.1, 0.15) is 5.75 Å². The Balaban J connectivity index is 1.70. The van der Waals surface area contributed by atoms with Crippen LogP contribution in [0.3, 0.4) is 0 Å². The SMILES string of the molecule is Cc1ccc(Oc2cccc3c2C2CCCN[C@H]2CC3)nn1. The molecular weight excluding hydrogens is 274 g/mol. The maximum atomic E-state index is 6.08. The van der Waals surface area contributed by atoms with Crippen molar-refractivity contribution in [1.82, 2.24) is 15.5 Å². The van der Waals surface area contributed by atoms with Crippen molar-refractivity contribution >= 4 is 0 Å². The number of piperidine rings is 1. The first-order valence-electron chi connectivity index (χ1n) is 8.14. The minimum Gasteiger partial charge on any atom is -0.437 e. The Kier molecular flexibility index (Phi) is 3.54. The average Bonchev–Trinajstić information content (AvgIpc) is 2.57. The van der Waals surface area contributed by atoms with Gasteiger partial charge >= 0.3 is 0 Å². The Morgan fingerprint density at radius 3 is 2.95 bits per heavy atom. The highest BCUT2D eigenvalue weighted by Gasteiger charge is 2.33. The molecule has 0 radical (unpaired) electrons. The number of nitrogens with one attached hydrogen (secondary N) is 1. The monoisotopic (exact) mass is 295 g/mol. The van der Waals surface area contributed by atoms with E-state index in [4.69, 9.17) is 4.74 Å². The molecule has 0 saturated carbocycles. The van der Waals surface area contributed by atoms with Crippen molar-refractivity contribution in [2.75, 3.05) is 6.54 Å². The largest absolute Gasteiger partial charge is 0.437 e. The van der Waals surface area contributed by atoms with Gasteiger partial charge in [-0.25, -0.2) is 0 Å². The molecule has 1 unspecified atom stereocenters. The number of rotatable bonds is 2. The lowest BCUT2D eigenvalue weighted by molar-refractivity contribution is 0.311. The third-order valence-corrected chi connectivity index (χ3v) is 4.82. The van der Waals surface area contributed by atoms with Gasteiger partial charge in [0.2, 0.25) is 5.88 Å². The van der Waals surface area contributed by atoms with Crippen LogP contribution in [0.25, 0.3) is 0 Å². The van der Waals surface area contributed by atoms with Gasteiger partial charge in [0, 0.05) is 23.6 Å². The van der Waals surface area contributed by atoms with Gasteiger partial charge < -0.3 is 10.1 Å². The van der Waals surface area contributed by atoms with Crippen molar-refractivity contribution in [3.8, 4) is 11.6 Å². The normalized spacial score (nSPS) is 23.5. The molecule has 0 amide bonds. The number of aromatic nitrogens is 2. The van der Waals surface area contributed by atoms with E-state index in [1.807, 2.05) is 19.1 Å². The molecule has 1 fully saturated rings. The number of benzene rings is 1. The molecule has 2 aromatic rings. The van der Waals surface area contributed by atoms with E-state index in [0.717, 1.165) is 24.4 Å². The zero-order valence-electron chi connectivity index (χ0n) is 12.9. The van der Waals surface area contributed by atoms with Crippen molar-refractivity contribution in [3.63, 3.8) is 0 Å². The van der Waals surface area contributed by atoms with Gasteiger partial charge in [0.15, 0.2) is 0 Å². The summed E-state index contributed by atoms with van der Waals surface area (Å²) in [6.45, 7) is 3.07. The maximum absolute atomic E-state index is 6.08. The zero-order chi connectivity index (χ0) is 14.9. The summed E-state index contributed by atoms with van der Waals surface area (Å²) in [5.41, 5.74) is 3.72. The topological polar surface area (TPSA) is 47.0 Å². The van der Waals surface area contributed by atoms with Crippen molar-refractivity contribution < 1.29 is 4.74 Å². The van der Waals surface area contributed by atoms with Gasteiger partial charge in [-0.1, -0.05) is 12.1 Å². The summed E-state index contributed by atoms with van der Waals surface area (Å²) in [6.07, 6.45) is 4.83. The smallest absolute Gasteiger partial charge is 0.238 e. The summed E-state index contributed by atoms with van der Waals surface area (Å²) in [4.78, 5) is 0. The summed E-state index contributed by atoms with van der Waals surface area (Å²) < 4.78 is 6.08. The fourth-order valence-electron chi connectivity index (χ4n) is 3.78. The van der Waals surface area contributed by atoms with Crippen LogP contribution in [-0.4, -0.2) is 22.8 Å². The van der Waals surface area contributed by atoms with Crippen molar-refractivity contribution in [2.45, 2.75) is 44.6 Å². The average molecular weight is 295 g/mol. The number of nitrogens with zero attached hydrogens (tertiary/aromatic N) is 2. The molecule has 2 aliphatic rings. The van der Waals surface area contributed by atoms with E-state index in [-0.39, 0.29) is 0 Å². The molecule has 1 aliphatic heterocycles. The van der Waals surface area contributed by atoms with Gasteiger partial charge in [-0.2, -0.15) is 5.10 Å². The van der Waals surface area contributed by atoms with E-state index >= 15 is 0 Å². The Bertz CT molecular complexity index is 669. The Labute approximate surface area is 130 Å². The van der Waals surface area contributed by atoms with Crippen molar-refractivity contribution in [2.24, 2.45) is 0 Å². The third kappa shape index (κ3) is 2.48. The Morgan fingerprint density at radius 2 is 2.09 bits per heavy atom. The molecule has 114 valence electrons. The first-order valence-corrected chi connectivity index (χ1v) is 8.14. The van der Waals surface area contributed by atoms with E-state index in [1.165, 1.54) is 30.4 Å². The van der Waals surface area contributed by atoms with Gasteiger partial charge in [-0.15, -0.1) is 5.10 Å². The molecular formula is C18H21N3O. The lowest BCUT2D eigenvalue weighted by Crippen LogP contribution is -2.42. The molecule has 4 rings (SSSR count). The standard InChI is InChI=1S/C18H21N3O/c1-12-7-10-17(21-20-12)22-16-6-2-4-13-8-9-15-14(18(13)16)5-3-11-19-15/h2,4,6-7,10,14-15,19H,3,5,8-9,11H2,1H3/t14?,15-/m0/s1. The molecule has 1 aromatic heterocycles. The highest BCUT2D eigenvalue weighted by Crippen LogP contribution is 2.42. The van der Waals surface area contributed by atoms with E-state index < -0.39 is 0 Å². The van der Waals surface area contributed by atoms with Crippen molar-refractivity contribution in [1.29, 1.82) is 0 Å². The number of ether oxygens (including phenoxy) is 1. The second-order valence-corrected chi connectivity index (χ2v) is 6.29. The van der Waals surface area contributed by atoms with Crippen LogP contribution >= 0.6 is 0 Å². The minimum atomic E-state index is 0.562. The molecule has 1 saturated heterocycles. The van der Waals surface area contributed by atoms with Crippen molar-refractivity contribution in [3.05, 3.63) is 47.2 Å². The van der Waals surface area contributed by atoms with E-state index in [2.05, 4.69) is 33.7 Å². The van der Waals surface area contributed by atoms with Gasteiger partial charge in [0.05, 0.1) is 5.69 Å².